The van der Waals surface area contributed by atoms with Crippen molar-refractivity contribution in [2.75, 3.05) is 5.73 Å². The summed E-state index contributed by atoms with van der Waals surface area (Å²) in [5.41, 5.74) is 9.63. The van der Waals surface area contributed by atoms with Crippen molar-refractivity contribution in [1.29, 1.82) is 0 Å². The van der Waals surface area contributed by atoms with Crippen LogP contribution in [-0.4, -0.2) is 5.78 Å². The number of carbonyl (C=O) groups is 1. The van der Waals surface area contributed by atoms with Gasteiger partial charge in [-0.3, -0.25) is 4.79 Å². The van der Waals surface area contributed by atoms with Crippen molar-refractivity contribution >= 4 is 11.5 Å². The first-order chi connectivity index (χ1) is 10.3. The lowest BCUT2D eigenvalue weighted by molar-refractivity contribution is 0.103. The van der Waals surface area contributed by atoms with Crippen molar-refractivity contribution in [2.45, 2.75) is 0 Å². The van der Waals surface area contributed by atoms with Gasteiger partial charge in [0.1, 0.15) is 0 Å². The minimum absolute atomic E-state index is 0.0123. The highest BCUT2D eigenvalue weighted by atomic mass is 16.1. The summed E-state index contributed by atoms with van der Waals surface area (Å²) in [4.78, 5) is 12.7. The molecule has 0 amide bonds. The highest BCUT2D eigenvalue weighted by molar-refractivity contribution is 6.13. The maximum absolute atomic E-state index is 12.7. The molecule has 3 aromatic carbocycles. The first-order valence-corrected chi connectivity index (χ1v) is 6.80. The number of ketones is 1. The Morgan fingerprint density at radius 3 is 2.24 bits per heavy atom. The molecule has 0 saturated carbocycles. The number of nitrogens with two attached hydrogens (primary N) is 1. The van der Waals surface area contributed by atoms with E-state index in [1.807, 2.05) is 54.6 Å². The number of nitrogen functional groups attached to an aromatic ring is 1. The van der Waals surface area contributed by atoms with Crippen LogP contribution in [0.15, 0.2) is 78.9 Å². The number of hydrogen-bond donors (Lipinski definition) is 1. The van der Waals surface area contributed by atoms with Crippen LogP contribution in [0, 0.1) is 0 Å². The summed E-state index contributed by atoms with van der Waals surface area (Å²) in [6, 6.07) is 24.6. The predicted molar refractivity (Wildman–Crippen MR) is 86.2 cm³/mol. The summed E-state index contributed by atoms with van der Waals surface area (Å²) in [5, 5.41) is 0. The highest BCUT2D eigenvalue weighted by Crippen LogP contribution is 2.25. The summed E-state index contributed by atoms with van der Waals surface area (Å²) in [6.45, 7) is 0. The molecule has 3 rings (SSSR count). The van der Waals surface area contributed by atoms with E-state index < -0.39 is 0 Å². The van der Waals surface area contributed by atoms with Crippen LogP contribution in [0.4, 0.5) is 5.69 Å². The van der Waals surface area contributed by atoms with E-state index in [9.17, 15) is 4.79 Å². The molecule has 102 valence electrons. The molecular weight excluding hydrogens is 258 g/mol. The van der Waals surface area contributed by atoms with Gasteiger partial charge in [0.05, 0.1) is 0 Å². The van der Waals surface area contributed by atoms with Gasteiger partial charge in [-0.15, -0.1) is 0 Å². The molecule has 2 heteroatoms. The molecule has 0 fully saturated rings. The zero-order chi connectivity index (χ0) is 14.7. The largest absolute Gasteiger partial charge is 0.399 e. The van der Waals surface area contributed by atoms with Crippen LogP contribution in [-0.2, 0) is 0 Å². The third-order valence-corrected chi connectivity index (χ3v) is 3.41. The van der Waals surface area contributed by atoms with Gasteiger partial charge in [0.15, 0.2) is 5.78 Å². The van der Waals surface area contributed by atoms with Crippen molar-refractivity contribution in [1.82, 2.24) is 0 Å². The predicted octanol–water partition coefficient (Wildman–Crippen LogP) is 4.17. The van der Waals surface area contributed by atoms with Crippen molar-refractivity contribution in [2.24, 2.45) is 0 Å². The molecule has 0 atom stereocenters. The Bertz CT molecular complexity index is 778. The fourth-order valence-corrected chi connectivity index (χ4v) is 2.39. The van der Waals surface area contributed by atoms with E-state index in [-0.39, 0.29) is 5.78 Å². The van der Waals surface area contributed by atoms with E-state index in [2.05, 4.69) is 0 Å². The normalized spacial score (nSPS) is 10.3. The Morgan fingerprint density at radius 2 is 1.48 bits per heavy atom. The fourth-order valence-electron chi connectivity index (χ4n) is 2.39. The Morgan fingerprint density at radius 1 is 0.762 bits per heavy atom. The van der Waals surface area contributed by atoms with Crippen LogP contribution in [0.25, 0.3) is 11.1 Å². The van der Waals surface area contributed by atoms with Gasteiger partial charge in [-0.2, -0.15) is 0 Å². The summed E-state index contributed by atoms with van der Waals surface area (Å²) in [7, 11) is 0. The van der Waals surface area contributed by atoms with Gasteiger partial charge in [0.2, 0.25) is 0 Å². The number of benzene rings is 3. The number of carbonyl (C=O) groups excluding carboxylic acids is 1. The highest BCUT2D eigenvalue weighted by Gasteiger charge is 2.14. The van der Waals surface area contributed by atoms with E-state index in [4.69, 9.17) is 5.73 Å². The maximum atomic E-state index is 12.7. The average molecular weight is 273 g/mol. The van der Waals surface area contributed by atoms with Crippen molar-refractivity contribution in [3.8, 4) is 11.1 Å². The first-order valence-electron chi connectivity index (χ1n) is 6.80. The molecule has 0 aliphatic heterocycles. The smallest absolute Gasteiger partial charge is 0.193 e. The molecule has 21 heavy (non-hydrogen) atoms. The molecule has 0 aliphatic rings. The zero-order valence-electron chi connectivity index (χ0n) is 11.5. The molecular formula is C19H15NO. The van der Waals surface area contributed by atoms with Crippen molar-refractivity contribution < 1.29 is 4.79 Å². The number of rotatable bonds is 3. The molecule has 0 unspecified atom stereocenters. The fraction of sp³-hybridized carbons (Fsp3) is 0. The summed E-state index contributed by atoms with van der Waals surface area (Å²) >= 11 is 0. The second kappa shape index (κ2) is 5.63. The van der Waals surface area contributed by atoms with Crippen LogP contribution >= 0.6 is 0 Å². The minimum atomic E-state index is -0.0123. The summed E-state index contributed by atoms with van der Waals surface area (Å²) in [5.74, 6) is -0.0123. The van der Waals surface area contributed by atoms with Gasteiger partial charge < -0.3 is 5.73 Å². The number of anilines is 1. The Labute approximate surface area is 123 Å². The lowest BCUT2D eigenvalue weighted by atomic mass is 9.94. The van der Waals surface area contributed by atoms with E-state index in [0.717, 1.165) is 11.1 Å². The van der Waals surface area contributed by atoms with Gasteiger partial charge >= 0.3 is 0 Å². The molecule has 0 radical (unpaired) electrons. The zero-order valence-corrected chi connectivity index (χ0v) is 11.5. The molecule has 0 spiro atoms. The lowest BCUT2D eigenvalue weighted by Crippen LogP contribution is -2.04. The third kappa shape index (κ3) is 2.70. The van der Waals surface area contributed by atoms with Crippen LogP contribution in [0.5, 0.6) is 0 Å². The van der Waals surface area contributed by atoms with E-state index >= 15 is 0 Å². The van der Waals surface area contributed by atoms with Gasteiger partial charge in [0, 0.05) is 16.8 Å². The van der Waals surface area contributed by atoms with Gasteiger partial charge in [-0.05, 0) is 23.3 Å². The number of hydrogen-bond acceptors (Lipinski definition) is 2. The Hall–Kier alpha value is -2.87. The minimum Gasteiger partial charge on any atom is -0.399 e. The van der Waals surface area contributed by atoms with Crippen LogP contribution in [0.1, 0.15) is 15.9 Å². The molecule has 0 aromatic heterocycles. The Kier molecular flexibility index (Phi) is 3.52. The Balaban J connectivity index is 2.09. The quantitative estimate of drug-likeness (QED) is 0.575. The van der Waals surface area contributed by atoms with Crippen LogP contribution < -0.4 is 5.73 Å². The molecule has 0 aliphatic carbocycles. The molecule has 2 N–H and O–H groups in total. The monoisotopic (exact) mass is 273 g/mol. The van der Waals surface area contributed by atoms with Crippen molar-refractivity contribution in [3.63, 3.8) is 0 Å². The second-order valence-electron chi connectivity index (χ2n) is 4.87. The van der Waals surface area contributed by atoms with Gasteiger partial charge in [0.25, 0.3) is 0 Å². The maximum Gasteiger partial charge on any atom is 0.193 e. The van der Waals surface area contributed by atoms with E-state index in [1.165, 1.54) is 0 Å². The SMILES string of the molecule is Nc1cccc(C(=O)c2ccccc2-c2ccccc2)c1. The van der Waals surface area contributed by atoms with Gasteiger partial charge in [-0.1, -0.05) is 66.7 Å². The lowest BCUT2D eigenvalue weighted by Gasteiger charge is -2.09. The van der Waals surface area contributed by atoms with Gasteiger partial charge in [-0.25, -0.2) is 0 Å². The molecule has 2 nitrogen and oxygen atoms in total. The third-order valence-electron chi connectivity index (χ3n) is 3.41. The standard InChI is InChI=1S/C19H15NO/c20-16-10-6-9-15(13-16)19(21)18-12-5-4-11-17(18)14-7-2-1-3-8-14/h1-13H,20H2. The summed E-state index contributed by atoms with van der Waals surface area (Å²) in [6.07, 6.45) is 0. The molecule has 0 bridgehead atoms. The molecule has 3 aromatic rings. The van der Waals surface area contributed by atoms with Crippen LogP contribution in [0.3, 0.4) is 0 Å². The van der Waals surface area contributed by atoms with E-state index in [1.54, 1.807) is 24.3 Å². The van der Waals surface area contributed by atoms with E-state index in [0.29, 0.717) is 16.8 Å². The topological polar surface area (TPSA) is 43.1 Å². The van der Waals surface area contributed by atoms with Crippen LogP contribution in [0.2, 0.25) is 0 Å². The molecule has 0 heterocycles. The average Bonchev–Trinajstić information content (AvgIpc) is 2.55. The first kappa shape index (κ1) is 13.1. The summed E-state index contributed by atoms with van der Waals surface area (Å²) < 4.78 is 0. The molecule has 0 saturated heterocycles. The van der Waals surface area contributed by atoms with Crippen molar-refractivity contribution in [3.05, 3.63) is 90.0 Å². The second-order valence-corrected chi connectivity index (χ2v) is 4.87.